The second-order valence-corrected chi connectivity index (χ2v) is 17.7. The SMILES string of the molecule is CCCCCCCCC(CCC(=O)NCC(C)(C)CC[Si](OC)(OC)OC)OC(=O)NCC1(C)CC(N=C=O)CC(C)(C)C1. The summed E-state index contributed by atoms with van der Waals surface area (Å²) in [5.74, 6) is -0.0533. The van der Waals surface area contributed by atoms with Gasteiger partial charge in [0.25, 0.3) is 0 Å². The first-order valence-electron chi connectivity index (χ1n) is 16.6. The van der Waals surface area contributed by atoms with Gasteiger partial charge in [-0.15, -0.1) is 0 Å². The molecule has 0 spiro atoms. The van der Waals surface area contributed by atoms with Crippen molar-refractivity contribution in [1.82, 2.24) is 10.6 Å². The van der Waals surface area contributed by atoms with Crippen molar-refractivity contribution < 1.29 is 32.4 Å². The number of carbonyl (C=O) groups excluding carboxylic acids is 3. The third kappa shape index (κ3) is 16.0. The van der Waals surface area contributed by atoms with E-state index in [4.69, 9.17) is 18.0 Å². The minimum atomic E-state index is -2.68. The lowest BCUT2D eigenvalue weighted by atomic mass is 9.63. The van der Waals surface area contributed by atoms with Gasteiger partial charge in [-0.25, -0.2) is 14.6 Å². The van der Waals surface area contributed by atoms with Crippen molar-refractivity contribution in [3.8, 4) is 0 Å². The fraction of sp³-hybridized carbons (Fsp3) is 0.909. The van der Waals surface area contributed by atoms with Crippen LogP contribution in [0.3, 0.4) is 0 Å². The fourth-order valence-electron chi connectivity index (χ4n) is 6.63. The Bertz CT molecular complexity index is 898. The average molecular weight is 642 g/mol. The van der Waals surface area contributed by atoms with Gasteiger partial charge >= 0.3 is 14.9 Å². The molecule has 11 heteroatoms. The number of aliphatic imine (C=N–C) groups is 1. The topological polar surface area (TPSA) is 125 Å². The summed E-state index contributed by atoms with van der Waals surface area (Å²) in [4.78, 5) is 40.7. The number of amides is 2. The highest BCUT2D eigenvalue weighted by molar-refractivity contribution is 6.60. The molecule has 0 saturated heterocycles. The van der Waals surface area contributed by atoms with Crippen molar-refractivity contribution in [1.29, 1.82) is 0 Å². The number of carbonyl (C=O) groups is 2. The van der Waals surface area contributed by atoms with Gasteiger partial charge in [-0.2, -0.15) is 0 Å². The molecule has 0 aromatic carbocycles. The molecule has 0 radical (unpaired) electrons. The molecule has 1 rings (SSSR count). The summed E-state index contributed by atoms with van der Waals surface area (Å²) >= 11 is 0. The van der Waals surface area contributed by atoms with Crippen molar-refractivity contribution in [3.05, 3.63) is 0 Å². The van der Waals surface area contributed by atoms with E-state index in [-0.39, 0.29) is 40.7 Å². The van der Waals surface area contributed by atoms with E-state index in [1.165, 1.54) is 25.7 Å². The lowest BCUT2D eigenvalue weighted by molar-refractivity contribution is -0.122. The van der Waals surface area contributed by atoms with Crippen molar-refractivity contribution in [3.63, 3.8) is 0 Å². The Morgan fingerprint density at radius 1 is 0.977 bits per heavy atom. The molecule has 2 amide bonds. The molecule has 2 N–H and O–H groups in total. The number of hydrogen-bond acceptors (Lipinski definition) is 8. The molecule has 1 fully saturated rings. The Kier molecular flexibility index (Phi) is 18.0. The molecule has 0 aromatic rings. The largest absolute Gasteiger partial charge is 0.500 e. The molecular formula is C33H63N3O7Si. The molecule has 256 valence electrons. The monoisotopic (exact) mass is 641 g/mol. The first-order chi connectivity index (χ1) is 20.7. The Labute approximate surface area is 268 Å². The first kappa shape index (κ1) is 40.2. The third-order valence-electron chi connectivity index (χ3n) is 8.97. The van der Waals surface area contributed by atoms with Crippen molar-refractivity contribution in [2.75, 3.05) is 34.4 Å². The molecule has 1 saturated carbocycles. The van der Waals surface area contributed by atoms with Crippen LogP contribution in [-0.2, 0) is 27.6 Å². The molecule has 0 bridgehead atoms. The number of nitrogens with one attached hydrogen (secondary N) is 2. The van der Waals surface area contributed by atoms with Gasteiger partial charge in [-0.05, 0) is 61.2 Å². The van der Waals surface area contributed by atoms with Crippen molar-refractivity contribution in [2.45, 2.75) is 143 Å². The lowest BCUT2D eigenvalue weighted by Gasteiger charge is -2.45. The van der Waals surface area contributed by atoms with Crippen molar-refractivity contribution in [2.24, 2.45) is 21.2 Å². The van der Waals surface area contributed by atoms with Crippen LogP contribution in [0.5, 0.6) is 0 Å². The van der Waals surface area contributed by atoms with Gasteiger partial charge in [-0.1, -0.05) is 73.6 Å². The van der Waals surface area contributed by atoms with Gasteiger partial charge in [-0.3, -0.25) is 4.79 Å². The number of alkyl carbamates (subject to hydrolysis) is 1. The van der Waals surface area contributed by atoms with Gasteiger partial charge in [0.1, 0.15) is 6.10 Å². The van der Waals surface area contributed by atoms with E-state index in [0.717, 1.165) is 44.9 Å². The molecule has 0 heterocycles. The quantitative estimate of drug-likeness (QED) is 0.0568. The number of unbranched alkanes of at least 4 members (excludes halogenated alkanes) is 5. The smallest absolute Gasteiger partial charge is 0.446 e. The van der Waals surface area contributed by atoms with E-state index in [2.05, 4.69) is 57.2 Å². The lowest BCUT2D eigenvalue weighted by Crippen LogP contribution is -2.45. The van der Waals surface area contributed by atoms with Crippen LogP contribution in [-0.4, -0.2) is 73.4 Å². The normalized spacial score (nSPS) is 20.8. The maximum absolute atomic E-state index is 13.0. The van der Waals surface area contributed by atoms with Gasteiger partial charge in [0.05, 0.1) is 6.04 Å². The summed E-state index contributed by atoms with van der Waals surface area (Å²) in [6.45, 7) is 13.8. The van der Waals surface area contributed by atoms with Crippen LogP contribution >= 0.6 is 0 Å². The summed E-state index contributed by atoms with van der Waals surface area (Å²) in [7, 11) is 2.14. The van der Waals surface area contributed by atoms with Gasteiger partial charge < -0.3 is 28.6 Å². The summed E-state index contributed by atoms with van der Waals surface area (Å²) in [6.07, 6.45) is 12.5. The first-order valence-corrected chi connectivity index (χ1v) is 18.5. The number of ether oxygens (including phenoxy) is 1. The molecule has 1 aliphatic carbocycles. The molecule has 3 atom stereocenters. The molecule has 1 aliphatic rings. The molecule has 3 unspecified atom stereocenters. The van der Waals surface area contributed by atoms with Crippen LogP contribution in [0.4, 0.5) is 4.79 Å². The predicted molar refractivity (Wildman–Crippen MR) is 176 cm³/mol. The summed E-state index contributed by atoms with van der Waals surface area (Å²) in [6, 6.07) is 0.567. The zero-order valence-corrected chi connectivity index (χ0v) is 30.3. The number of rotatable bonds is 22. The van der Waals surface area contributed by atoms with E-state index in [9.17, 15) is 14.4 Å². The molecule has 44 heavy (non-hydrogen) atoms. The van der Waals surface area contributed by atoms with E-state index < -0.39 is 14.9 Å². The highest BCUT2D eigenvalue weighted by Crippen LogP contribution is 2.46. The molecule has 10 nitrogen and oxygen atoms in total. The van der Waals surface area contributed by atoms with Crippen LogP contribution < -0.4 is 10.6 Å². The Morgan fingerprint density at radius 3 is 2.23 bits per heavy atom. The predicted octanol–water partition coefficient (Wildman–Crippen LogP) is 6.94. The summed E-state index contributed by atoms with van der Waals surface area (Å²) in [5.41, 5.74) is -0.364. The van der Waals surface area contributed by atoms with Crippen LogP contribution in [0, 0.1) is 16.2 Å². The average Bonchev–Trinajstić information content (AvgIpc) is 2.95. The number of isocyanates is 1. The number of hydrogen-bond donors (Lipinski definition) is 2. The number of nitrogens with zero attached hydrogens (tertiary/aromatic N) is 1. The van der Waals surface area contributed by atoms with Gasteiger partial charge in [0.2, 0.25) is 12.0 Å². The molecule has 0 aromatic heterocycles. The Balaban J connectivity index is 2.68. The van der Waals surface area contributed by atoms with Crippen LogP contribution in [0.2, 0.25) is 6.04 Å². The highest BCUT2D eigenvalue weighted by Gasteiger charge is 2.42. The Morgan fingerprint density at radius 2 is 1.61 bits per heavy atom. The minimum Gasteiger partial charge on any atom is -0.446 e. The van der Waals surface area contributed by atoms with E-state index >= 15 is 0 Å². The van der Waals surface area contributed by atoms with Gasteiger partial charge in [0, 0.05) is 46.9 Å². The molecular weight excluding hydrogens is 578 g/mol. The standard InChI is InChI=1S/C33H63N3O7Si/c1-10-11-12-13-14-15-16-28(17-18-29(38)34-24-31(2,3)19-20-44(40-7,41-8)42-9)43-30(39)35-25-33(6)22-27(36-26-37)21-32(4,5)23-33/h27-28H,10-25H2,1-9H3,(H,34,38)(H,35,39). The van der Waals surface area contributed by atoms with E-state index in [0.29, 0.717) is 25.6 Å². The Hall–Kier alpha value is -1.78. The second kappa shape index (κ2) is 19.7. The van der Waals surface area contributed by atoms with Gasteiger partial charge in [0.15, 0.2) is 0 Å². The van der Waals surface area contributed by atoms with Crippen molar-refractivity contribution >= 4 is 26.9 Å². The zero-order chi connectivity index (χ0) is 33.3. The molecule has 0 aliphatic heterocycles. The maximum Gasteiger partial charge on any atom is 0.500 e. The van der Waals surface area contributed by atoms with E-state index in [1.54, 1.807) is 27.4 Å². The van der Waals surface area contributed by atoms with Crippen LogP contribution in [0.25, 0.3) is 0 Å². The summed E-state index contributed by atoms with van der Waals surface area (Å²) < 4.78 is 22.5. The van der Waals surface area contributed by atoms with Crippen LogP contribution in [0.1, 0.15) is 125 Å². The highest BCUT2D eigenvalue weighted by atomic mass is 28.4. The summed E-state index contributed by atoms with van der Waals surface area (Å²) in [5, 5.41) is 6.06. The third-order valence-corrected chi connectivity index (χ3v) is 11.7. The maximum atomic E-state index is 13.0. The van der Waals surface area contributed by atoms with E-state index in [1.807, 2.05) is 0 Å². The van der Waals surface area contributed by atoms with Crippen LogP contribution in [0.15, 0.2) is 4.99 Å². The zero-order valence-electron chi connectivity index (χ0n) is 29.3. The fourth-order valence-corrected chi connectivity index (χ4v) is 8.72. The second-order valence-electron chi connectivity index (χ2n) is 14.6. The minimum absolute atomic E-state index is 0.00817.